The second-order valence-corrected chi connectivity index (χ2v) is 5.97. The maximum atomic E-state index is 11.9. The van der Waals surface area contributed by atoms with Gasteiger partial charge in [0.05, 0.1) is 0 Å². The molecule has 86 valence electrons. The third kappa shape index (κ3) is 1.49. The van der Waals surface area contributed by atoms with Crippen LogP contribution in [0.25, 0.3) is 0 Å². The molecular formula is C13H23NO. The minimum Gasteiger partial charge on any atom is -0.336 e. The highest BCUT2D eigenvalue weighted by Crippen LogP contribution is 2.48. The standard InChI is InChI=1S/C13H23NO/c1-9(2)11-7-13(10(3)4)6-5-12(15)14(13)8-11/h9-11H,5-8H2,1-4H3. The Kier molecular flexibility index (Phi) is 2.56. The van der Waals surface area contributed by atoms with Crippen LogP contribution in [0.4, 0.5) is 0 Å². The average Bonchev–Trinajstić information content (AvgIpc) is 2.65. The number of rotatable bonds is 2. The molecule has 0 aromatic rings. The topological polar surface area (TPSA) is 20.3 Å². The first-order valence-electron chi connectivity index (χ1n) is 6.28. The fraction of sp³-hybridized carbons (Fsp3) is 0.923. The summed E-state index contributed by atoms with van der Waals surface area (Å²) in [7, 11) is 0. The number of fused-ring (bicyclic) bond motifs is 1. The number of hydrogen-bond donors (Lipinski definition) is 0. The van der Waals surface area contributed by atoms with E-state index >= 15 is 0 Å². The van der Waals surface area contributed by atoms with Crippen molar-refractivity contribution in [3.63, 3.8) is 0 Å². The van der Waals surface area contributed by atoms with Gasteiger partial charge in [0.15, 0.2) is 0 Å². The van der Waals surface area contributed by atoms with E-state index in [-0.39, 0.29) is 5.54 Å². The van der Waals surface area contributed by atoms with Crippen LogP contribution in [0.2, 0.25) is 0 Å². The normalized spacial score (nSPS) is 35.7. The molecule has 2 fully saturated rings. The molecule has 2 aliphatic heterocycles. The lowest BCUT2D eigenvalue weighted by Gasteiger charge is -2.36. The van der Waals surface area contributed by atoms with E-state index in [2.05, 4.69) is 32.6 Å². The monoisotopic (exact) mass is 209 g/mol. The molecule has 2 rings (SSSR count). The van der Waals surface area contributed by atoms with Crippen molar-refractivity contribution < 1.29 is 4.79 Å². The van der Waals surface area contributed by atoms with E-state index in [1.807, 2.05) is 0 Å². The first-order chi connectivity index (χ1) is 6.97. The highest BCUT2D eigenvalue weighted by Gasteiger charge is 2.53. The molecule has 2 atom stereocenters. The van der Waals surface area contributed by atoms with Crippen molar-refractivity contribution >= 4 is 5.91 Å². The Morgan fingerprint density at radius 3 is 2.47 bits per heavy atom. The Morgan fingerprint density at radius 1 is 1.33 bits per heavy atom. The molecule has 2 aliphatic rings. The molecule has 0 saturated carbocycles. The lowest BCUT2D eigenvalue weighted by Crippen LogP contribution is -2.44. The molecule has 2 saturated heterocycles. The molecule has 0 N–H and O–H groups in total. The van der Waals surface area contributed by atoms with E-state index < -0.39 is 0 Å². The zero-order chi connectivity index (χ0) is 11.2. The zero-order valence-electron chi connectivity index (χ0n) is 10.4. The van der Waals surface area contributed by atoms with Crippen LogP contribution >= 0.6 is 0 Å². The van der Waals surface area contributed by atoms with Gasteiger partial charge >= 0.3 is 0 Å². The van der Waals surface area contributed by atoms with Crippen molar-refractivity contribution in [2.75, 3.05) is 6.54 Å². The molecule has 0 spiro atoms. The van der Waals surface area contributed by atoms with Crippen LogP contribution in [0, 0.1) is 17.8 Å². The fourth-order valence-electron chi connectivity index (χ4n) is 3.37. The Labute approximate surface area is 93.0 Å². The van der Waals surface area contributed by atoms with Crippen LogP contribution in [-0.4, -0.2) is 22.9 Å². The summed E-state index contributed by atoms with van der Waals surface area (Å²) >= 11 is 0. The molecule has 0 bridgehead atoms. The molecule has 15 heavy (non-hydrogen) atoms. The smallest absolute Gasteiger partial charge is 0.223 e. The molecule has 2 nitrogen and oxygen atoms in total. The predicted octanol–water partition coefficient (Wildman–Crippen LogP) is 2.68. The summed E-state index contributed by atoms with van der Waals surface area (Å²) in [6, 6.07) is 0. The molecule has 0 aromatic carbocycles. The Morgan fingerprint density at radius 2 is 2.00 bits per heavy atom. The first-order valence-corrected chi connectivity index (χ1v) is 6.28. The van der Waals surface area contributed by atoms with Gasteiger partial charge in [0.2, 0.25) is 5.91 Å². The van der Waals surface area contributed by atoms with Gasteiger partial charge in [0.1, 0.15) is 0 Å². The molecular weight excluding hydrogens is 186 g/mol. The number of nitrogens with zero attached hydrogens (tertiary/aromatic N) is 1. The van der Waals surface area contributed by atoms with E-state index in [1.54, 1.807) is 0 Å². The van der Waals surface area contributed by atoms with Gasteiger partial charge < -0.3 is 4.90 Å². The molecule has 0 aliphatic carbocycles. The summed E-state index contributed by atoms with van der Waals surface area (Å²) < 4.78 is 0. The number of carbonyl (C=O) groups is 1. The Hall–Kier alpha value is -0.530. The Bertz CT molecular complexity index is 272. The summed E-state index contributed by atoms with van der Waals surface area (Å²) in [6.07, 6.45) is 3.10. The molecule has 0 aromatic heterocycles. The molecule has 2 unspecified atom stereocenters. The van der Waals surface area contributed by atoms with Gasteiger partial charge in [-0.25, -0.2) is 0 Å². The van der Waals surface area contributed by atoms with Gasteiger partial charge in [-0.3, -0.25) is 4.79 Å². The predicted molar refractivity (Wildman–Crippen MR) is 61.5 cm³/mol. The molecule has 1 amide bonds. The van der Waals surface area contributed by atoms with E-state index in [4.69, 9.17) is 0 Å². The summed E-state index contributed by atoms with van der Waals surface area (Å²) in [5.41, 5.74) is 0.214. The summed E-state index contributed by atoms with van der Waals surface area (Å²) in [4.78, 5) is 14.1. The van der Waals surface area contributed by atoms with E-state index in [9.17, 15) is 4.79 Å². The van der Waals surface area contributed by atoms with Crippen LogP contribution in [0.3, 0.4) is 0 Å². The van der Waals surface area contributed by atoms with Crippen molar-refractivity contribution in [1.29, 1.82) is 0 Å². The fourth-order valence-corrected chi connectivity index (χ4v) is 3.37. The van der Waals surface area contributed by atoms with E-state index in [0.717, 1.165) is 25.3 Å². The average molecular weight is 209 g/mol. The van der Waals surface area contributed by atoms with Crippen molar-refractivity contribution in [2.24, 2.45) is 17.8 Å². The third-order valence-corrected chi connectivity index (χ3v) is 4.66. The van der Waals surface area contributed by atoms with E-state index in [0.29, 0.717) is 17.7 Å². The first kappa shape index (κ1) is 11.0. The largest absolute Gasteiger partial charge is 0.336 e. The van der Waals surface area contributed by atoms with Gasteiger partial charge in [-0.05, 0) is 30.6 Å². The minimum atomic E-state index is 0.214. The van der Waals surface area contributed by atoms with Crippen LogP contribution in [0.5, 0.6) is 0 Å². The lowest BCUT2D eigenvalue weighted by atomic mass is 9.78. The number of hydrogen-bond acceptors (Lipinski definition) is 1. The van der Waals surface area contributed by atoms with Gasteiger partial charge in [0, 0.05) is 18.5 Å². The van der Waals surface area contributed by atoms with Crippen molar-refractivity contribution in [1.82, 2.24) is 4.90 Å². The van der Waals surface area contributed by atoms with Crippen LogP contribution < -0.4 is 0 Å². The summed E-state index contributed by atoms with van der Waals surface area (Å²) in [5.74, 6) is 2.43. The maximum Gasteiger partial charge on any atom is 0.223 e. The summed E-state index contributed by atoms with van der Waals surface area (Å²) in [5, 5.41) is 0. The Balaban J connectivity index is 2.24. The lowest BCUT2D eigenvalue weighted by molar-refractivity contribution is -0.130. The maximum absolute atomic E-state index is 11.9. The zero-order valence-corrected chi connectivity index (χ0v) is 10.4. The highest BCUT2D eigenvalue weighted by molar-refractivity contribution is 5.80. The second kappa shape index (κ2) is 3.50. The molecule has 2 heterocycles. The molecule has 2 heteroatoms. The van der Waals surface area contributed by atoms with Crippen molar-refractivity contribution in [3.8, 4) is 0 Å². The van der Waals surface area contributed by atoms with Gasteiger partial charge in [-0.2, -0.15) is 0 Å². The highest BCUT2D eigenvalue weighted by atomic mass is 16.2. The second-order valence-electron chi connectivity index (χ2n) is 5.97. The number of carbonyl (C=O) groups excluding carboxylic acids is 1. The van der Waals surface area contributed by atoms with Crippen molar-refractivity contribution in [3.05, 3.63) is 0 Å². The third-order valence-electron chi connectivity index (χ3n) is 4.66. The van der Waals surface area contributed by atoms with Crippen LogP contribution in [0.15, 0.2) is 0 Å². The minimum absolute atomic E-state index is 0.214. The van der Waals surface area contributed by atoms with Gasteiger partial charge in [-0.1, -0.05) is 27.7 Å². The quantitative estimate of drug-likeness (QED) is 0.684. The molecule has 0 radical (unpaired) electrons. The van der Waals surface area contributed by atoms with Crippen molar-refractivity contribution in [2.45, 2.75) is 52.5 Å². The van der Waals surface area contributed by atoms with E-state index in [1.165, 1.54) is 6.42 Å². The van der Waals surface area contributed by atoms with Crippen LogP contribution in [0.1, 0.15) is 47.0 Å². The van der Waals surface area contributed by atoms with Gasteiger partial charge in [0.25, 0.3) is 0 Å². The van der Waals surface area contributed by atoms with Gasteiger partial charge in [-0.15, -0.1) is 0 Å². The summed E-state index contributed by atoms with van der Waals surface area (Å²) in [6.45, 7) is 10.1. The van der Waals surface area contributed by atoms with Crippen LogP contribution in [-0.2, 0) is 4.79 Å². The number of amides is 1. The SMILES string of the molecule is CC(C)C1CN2C(=O)CCC2(C(C)C)C1.